The highest BCUT2D eigenvalue weighted by atomic mass is 16.2. The van der Waals surface area contributed by atoms with Crippen molar-refractivity contribution in [3.05, 3.63) is 74.9 Å². The minimum atomic E-state index is -0.516. The number of Topliss-reactive ketones (excluding diaryl/α,β-unsaturated/α-hetero) is 1. The topological polar surface area (TPSA) is 90.2 Å². The Labute approximate surface area is 161 Å². The Morgan fingerprint density at radius 2 is 1.75 bits per heavy atom. The fraction of sp³-hybridized carbons (Fsp3) is 0.238. The van der Waals surface area contributed by atoms with E-state index in [4.69, 9.17) is 0 Å². The van der Waals surface area contributed by atoms with Crippen LogP contribution >= 0.6 is 0 Å². The number of rotatable bonds is 6. The van der Waals surface area contributed by atoms with Gasteiger partial charge in [0.25, 0.3) is 5.56 Å². The number of hydrogen-bond donors (Lipinski definition) is 1. The van der Waals surface area contributed by atoms with E-state index in [1.54, 1.807) is 48.5 Å². The second-order valence-corrected chi connectivity index (χ2v) is 6.53. The van der Waals surface area contributed by atoms with Crippen LogP contribution in [0.4, 0.5) is 5.69 Å². The molecule has 1 amide bonds. The molecule has 0 spiro atoms. The Morgan fingerprint density at radius 3 is 2.46 bits per heavy atom. The molecule has 7 nitrogen and oxygen atoms in total. The van der Waals surface area contributed by atoms with E-state index < -0.39 is 11.6 Å². The maximum atomic E-state index is 12.8. The fourth-order valence-electron chi connectivity index (χ4n) is 3.10. The van der Waals surface area contributed by atoms with E-state index in [9.17, 15) is 19.2 Å². The third-order valence-corrected chi connectivity index (χ3v) is 4.43. The second-order valence-electron chi connectivity index (χ2n) is 6.53. The van der Waals surface area contributed by atoms with Gasteiger partial charge in [0, 0.05) is 17.8 Å². The predicted molar refractivity (Wildman–Crippen MR) is 108 cm³/mol. The summed E-state index contributed by atoms with van der Waals surface area (Å²) in [7, 11) is 0. The zero-order valence-corrected chi connectivity index (χ0v) is 15.8. The van der Waals surface area contributed by atoms with Gasteiger partial charge in [-0.1, -0.05) is 31.2 Å². The number of hydrogen-bond acceptors (Lipinski definition) is 4. The molecule has 0 aliphatic rings. The summed E-state index contributed by atoms with van der Waals surface area (Å²) in [6.07, 6.45) is 0.623. The zero-order valence-electron chi connectivity index (χ0n) is 15.8. The van der Waals surface area contributed by atoms with Gasteiger partial charge in [0.1, 0.15) is 6.54 Å². The molecule has 3 rings (SSSR count). The van der Waals surface area contributed by atoms with Gasteiger partial charge in [-0.25, -0.2) is 4.79 Å². The molecule has 0 unspecified atom stereocenters. The van der Waals surface area contributed by atoms with Gasteiger partial charge in [-0.05, 0) is 37.6 Å². The Bertz CT molecular complexity index is 1170. The molecule has 0 aliphatic carbocycles. The smallest absolute Gasteiger partial charge is 0.325 e. The molecule has 0 saturated heterocycles. The van der Waals surface area contributed by atoms with Crippen molar-refractivity contribution in [3.8, 4) is 0 Å². The van der Waals surface area contributed by atoms with E-state index in [2.05, 4.69) is 5.32 Å². The van der Waals surface area contributed by atoms with Crippen molar-refractivity contribution in [3.63, 3.8) is 0 Å². The molecule has 144 valence electrons. The van der Waals surface area contributed by atoms with Gasteiger partial charge in [0.15, 0.2) is 5.78 Å². The monoisotopic (exact) mass is 379 g/mol. The van der Waals surface area contributed by atoms with Crippen molar-refractivity contribution in [2.24, 2.45) is 0 Å². The van der Waals surface area contributed by atoms with Gasteiger partial charge in [0.05, 0.1) is 10.9 Å². The third-order valence-electron chi connectivity index (χ3n) is 4.43. The molecule has 3 aromatic rings. The lowest BCUT2D eigenvalue weighted by Crippen LogP contribution is -2.41. The van der Waals surface area contributed by atoms with Crippen LogP contribution in [0, 0.1) is 0 Å². The molecule has 0 aliphatic heterocycles. The van der Waals surface area contributed by atoms with Crippen molar-refractivity contribution in [2.45, 2.75) is 33.4 Å². The van der Waals surface area contributed by atoms with Crippen LogP contribution in [0.2, 0.25) is 0 Å². The normalized spacial score (nSPS) is 10.8. The first-order valence-electron chi connectivity index (χ1n) is 9.05. The fourth-order valence-corrected chi connectivity index (χ4v) is 3.10. The molecule has 2 aromatic carbocycles. The molecule has 0 fully saturated rings. The molecule has 7 heteroatoms. The number of ketones is 1. The van der Waals surface area contributed by atoms with Gasteiger partial charge in [0.2, 0.25) is 5.91 Å². The van der Waals surface area contributed by atoms with E-state index in [1.807, 2.05) is 6.92 Å². The molecular weight excluding hydrogens is 358 g/mol. The molecule has 0 bridgehead atoms. The van der Waals surface area contributed by atoms with Crippen LogP contribution < -0.4 is 16.6 Å². The van der Waals surface area contributed by atoms with Gasteiger partial charge in [-0.15, -0.1) is 0 Å². The molecule has 0 saturated carbocycles. The van der Waals surface area contributed by atoms with E-state index in [1.165, 1.54) is 11.5 Å². The van der Waals surface area contributed by atoms with E-state index >= 15 is 0 Å². The average molecular weight is 379 g/mol. The van der Waals surface area contributed by atoms with Gasteiger partial charge >= 0.3 is 5.69 Å². The molecule has 1 heterocycles. The van der Waals surface area contributed by atoms with Crippen LogP contribution in [0.15, 0.2) is 58.1 Å². The first kappa shape index (κ1) is 19.3. The van der Waals surface area contributed by atoms with Crippen LogP contribution in [0.25, 0.3) is 10.9 Å². The Morgan fingerprint density at radius 1 is 1.00 bits per heavy atom. The van der Waals surface area contributed by atoms with Crippen LogP contribution in [0.3, 0.4) is 0 Å². The number of carbonyl (C=O) groups excluding carboxylic acids is 2. The highest BCUT2D eigenvalue weighted by Crippen LogP contribution is 2.12. The number of anilines is 1. The number of nitrogens with one attached hydrogen (secondary N) is 1. The molecule has 28 heavy (non-hydrogen) atoms. The molecule has 0 atom stereocenters. The second kappa shape index (κ2) is 8.04. The average Bonchev–Trinajstić information content (AvgIpc) is 2.68. The predicted octanol–water partition coefficient (Wildman–Crippen LogP) is 2.41. The molecule has 1 aromatic heterocycles. The van der Waals surface area contributed by atoms with Crippen molar-refractivity contribution < 1.29 is 9.59 Å². The summed E-state index contributed by atoms with van der Waals surface area (Å²) in [5.41, 5.74) is 0.498. The Balaban J connectivity index is 1.99. The molecule has 1 N–H and O–H groups in total. The summed E-state index contributed by atoms with van der Waals surface area (Å²) >= 11 is 0. The lowest BCUT2D eigenvalue weighted by molar-refractivity contribution is -0.116. The number of benzene rings is 2. The number of carbonyl (C=O) groups is 2. The zero-order chi connectivity index (χ0) is 20.3. The maximum Gasteiger partial charge on any atom is 0.331 e. The van der Waals surface area contributed by atoms with Gasteiger partial charge in [-0.3, -0.25) is 23.5 Å². The Kier molecular flexibility index (Phi) is 5.54. The highest BCUT2D eigenvalue weighted by Gasteiger charge is 2.15. The lowest BCUT2D eigenvalue weighted by Gasteiger charge is -2.14. The summed E-state index contributed by atoms with van der Waals surface area (Å²) in [6.45, 7) is 3.36. The number of amides is 1. The van der Waals surface area contributed by atoms with Crippen LogP contribution in [0.5, 0.6) is 0 Å². The van der Waals surface area contributed by atoms with E-state index in [-0.39, 0.29) is 24.4 Å². The van der Waals surface area contributed by atoms with Gasteiger partial charge in [-0.2, -0.15) is 0 Å². The quantitative estimate of drug-likeness (QED) is 0.666. The SMILES string of the molecule is CCCn1c(=O)c2ccccc2n(CC(=O)Nc2cccc(C(C)=O)c2)c1=O. The molecular formula is C21H21N3O4. The largest absolute Gasteiger partial charge is 0.331 e. The van der Waals surface area contributed by atoms with Crippen molar-refractivity contribution in [1.82, 2.24) is 9.13 Å². The number of aromatic nitrogens is 2. The number of nitrogens with zero attached hydrogens (tertiary/aromatic N) is 2. The van der Waals surface area contributed by atoms with Crippen molar-refractivity contribution in [2.75, 3.05) is 5.32 Å². The maximum absolute atomic E-state index is 12.8. The standard InChI is InChI=1S/C21H21N3O4/c1-3-11-23-20(27)17-9-4-5-10-18(17)24(21(23)28)13-19(26)22-16-8-6-7-15(12-16)14(2)25/h4-10,12H,3,11,13H2,1-2H3,(H,22,26). The Hall–Kier alpha value is -3.48. The van der Waals surface area contributed by atoms with Gasteiger partial charge < -0.3 is 5.32 Å². The summed E-state index contributed by atoms with van der Waals surface area (Å²) in [6, 6.07) is 13.3. The molecule has 0 radical (unpaired) electrons. The third kappa shape index (κ3) is 3.78. The first-order valence-corrected chi connectivity index (χ1v) is 9.05. The lowest BCUT2D eigenvalue weighted by atomic mass is 10.1. The summed E-state index contributed by atoms with van der Waals surface area (Å²) in [5.74, 6) is -0.528. The van der Waals surface area contributed by atoms with E-state index in [0.29, 0.717) is 28.6 Å². The summed E-state index contributed by atoms with van der Waals surface area (Å²) < 4.78 is 2.46. The summed E-state index contributed by atoms with van der Waals surface area (Å²) in [4.78, 5) is 49.5. The van der Waals surface area contributed by atoms with Crippen LogP contribution in [-0.2, 0) is 17.9 Å². The first-order chi connectivity index (χ1) is 13.4. The number of fused-ring (bicyclic) bond motifs is 1. The van der Waals surface area contributed by atoms with Crippen LogP contribution in [0.1, 0.15) is 30.6 Å². The minimum absolute atomic E-state index is 0.107. The summed E-state index contributed by atoms with van der Waals surface area (Å²) in [5, 5.41) is 3.10. The van der Waals surface area contributed by atoms with Crippen molar-refractivity contribution >= 4 is 28.3 Å². The number of para-hydroxylation sites is 1. The van der Waals surface area contributed by atoms with E-state index in [0.717, 1.165) is 4.57 Å². The van der Waals surface area contributed by atoms with Crippen molar-refractivity contribution in [1.29, 1.82) is 0 Å². The highest BCUT2D eigenvalue weighted by molar-refractivity contribution is 5.97. The van der Waals surface area contributed by atoms with Crippen LogP contribution in [-0.4, -0.2) is 20.8 Å². The minimum Gasteiger partial charge on any atom is -0.325 e.